The van der Waals surface area contributed by atoms with Crippen molar-refractivity contribution in [3.8, 4) is 0 Å². The van der Waals surface area contributed by atoms with E-state index in [0.29, 0.717) is 34.5 Å². The van der Waals surface area contributed by atoms with Crippen LogP contribution in [-0.2, 0) is 11.3 Å². The smallest absolute Gasteiger partial charge is 0.253 e. The van der Waals surface area contributed by atoms with Crippen molar-refractivity contribution in [1.29, 1.82) is 0 Å². The van der Waals surface area contributed by atoms with E-state index < -0.39 is 0 Å². The Kier molecular flexibility index (Phi) is 10.2. The third kappa shape index (κ3) is 7.47. The van der Waals surface area contributed by atoms with Crippen LogP contribution in [0.1, 0.15) is 55.0 Å². The first kappa shape index (κ1) is 28.5. The van der Waals surface area contributed by atoms with Crippen molar-refractivity contribution in [1.82, 2.24) is 20.1 Å². The lowest BCUT2D eigenvalue weighted by Gasteiger charge is -2.21. The van der Waals surface area contributed by atoms with Gasteiger partial charge in [-0.15, -0.1) is 10.2 Å². The highest BCUT2D eigenvalue weighted by Gasteiger charge is 2.25. The first-order valence-electron chi connectivity index (χ1n) is 11.5. The number of hydrogen-bond donors (Lipinski definition) is 2. The third-order valence-electron chi connectivity index (χ3n) is 5.36. The van der Waals surface area contributed by atoms with Crippen LogP contribution in [0, 0.1) is 12.8 Å². The second kappa shape index (κ2) is 12.9. The van der Waals surface area contributed by atoms with Gasteiger partial charge < -0.3 is 15.2 Å². The molecule has 0 spiro atoms. The highest BCUT2D eigenvalue weighted by Crippen LogP contribution is 2.27. The average molecular weight is 613 g/mol. The summed E-state index contributed by atoms with van der Waals surface area (Å²) >= 11 is 17.0. The lowest BCUT2D eigenvalue weighted by Crippen LogP contribution is -2.32. The summed E-state index contributed by atoms with van der Waals surface area (Å²) in [6.45, 7) is 8.65. The fourth-order valence-electron chi connectivity index (χ4n) is 3.66. The Morgan fingerprint density at radius 1 is 1.14 bits per heavy atom. The number of amides is 2. The van der Waals surface area contributed by atoms with Gasteiger partial charge in [-0.05, 0) is 68.1 Å². The number of nitrogens with one attached hydrogen (secondary N) is 2. The van der Waals surface area contributed by atoms with Crippen molar-refractivity contribution in [3.05, 3.63) is 67.9 Å². The van der Waals surface area contributed by atoms with Crippen molar-refractivity contribution in [2.45, 2.75) is 51.9 Å². The first-order valence-corrected chi connectivity index (χ1v) is 14.0. The Labute approximate surface area is 233 Å². The zero-order valence-electron chi connectivity index (χ0n) is 20.4. The van der Waals surface area contributed by atoms with Gasteiger partial charge in [-0.2, -0.15) is 0 Å². The monoisotopic (exact) mass is 611 g/mol. The number of anilines is 1. The van der Waals surface area contributed by atoms with Crippen LogP contribution in [0.4, 0.5) is 5.69 Å². The van der Waals surface area contributed by atoms with Gasteiger partial charge in [-0.25, -0.2) is 0 Å². The number of nitrogens with zero attached hydrogens (tertiary/aromatic N) is 3. The maximum absolute atomic E-state index is 13.0. The molecule has 0 fully saturated rings. The van der Waals surface area contributed by atoms with Crippen LogP contribution in [0.2, 0.25) is 10.0 Å². The third-order valence-corrected chi connectivity index (χ3v) is 7.36. The summed E-state index contributed by atoms with van der Waals surface area (Å²) in [4.78, 5) is 25.6. The molecule has 1 aromatic heterocycles. The maximum Gasteiger partial charge on any atom is 0.253 e. The van der Waals surface area contributed by atoms with Crippen LogP contribution in [0.25, 0.3) is 0 Å². The van der Waals surface area contributed by atoms with Gasteiger partial charge in [0.05, 0.1) is 22.4 Å². The Hall–Kier alpha value is -2.07. The van der Waals surface area contributed by atoms with E-state index in [1.807, 2.05) is 36.6 Å². The molecule has 0 radical (unpaired) electrons. The van der Waals surface area contributed by atoms with Gasteiger partial charge in [-0.1, -0.05) is 64.7 Å². The van der Waals surface area contributed by atoms with Crippen LogP contribution in [0.5, 0.6) is 0 Å². The number of rotatable bonds is 10. The first-order chi connectivity index (χ1) is 17.1. The lowest BCUT2D eigenvalue weighted by molar-refractivity contribution is -0.113. The summed E-state index contributed by atoms with van der Waals surface area (Å²) < 4.78 is 2.89. The number of carbonyl (C=O) groups excluding carboxylic acids is 2. The maximum atomic E-state index is 13.0. The predicted octanol–water partition coefficient (Wildman–Crippen LogP) is 6.92. The molecule has 0 unspecified atom stereocenters. The van der Waals surface area contributed by atoms with Gasteiger partial charge in [0.25, 0.3) is 5.91 Å². The second-order valence-electron chi connectivity index (χ2n) is 8.66. The molecular weight excluding hydrogens is 585 g/mol. The number of carbonyl (C=O) groups is 2. The van der Waals surface area contributed by atoms with Crippen LogP contribution in [0.3, 0.4) is 0 Å². The van der Waals surface area contributed by atoms with E-state index in [9.17, 15) is 9.59 Å². The molecule has 0 aliphatic rings. The van der Waals surface area contributed by atoms with Gasteiger partial charge in [0.2, 0.25) is 5.91 Å². The fraction of sp³-hybridized carbons (Fsp3) is 0.360. The molecule has 2 aromatic carbocycles. The number of hydrogen-bond acceptors (Lipinski definition) is 5. The topological polar surface area (TPSA) is 88.9 Å². The minimum atomic E-state index is -0.384. The van der Waals surface area contributed by atoms with E-state index in [0.717, 1.165) is 15.7 Å². The normalized spacial score (nSPS) is 12.0. The minimum Gasteiger partial charge on any atom is -0.342 e. The zero-order chi connectivity index (χ0) is 26.4. The van der Waals surface area contributed by atoms with Gasteiger partial charge in [-0.3, -0.25) is 9.59 Å². The molecule has 2 N–H and O–H groups in total. The van der Waals surface area contributed by atoms with Crippen molar-refractivity contribution in [2.24, 2.45) is 5.92 Å². The summed E-state index contributed by atoms with van der Waals surface area (Å²) in [7, 11) is 0. The van der Waals surface area contributed by atoms with Gasteiger partial charge >= 0.3 is 0 Å². The van der Waals surface area contributed by atoms with E-state index in [2.05, 4.69) is 50.6 Å². The molecule has 1 atom stereocenters. The quantitative estimate of drug-likeness (QED) is 0.243. The van der Waals surface area contributed by atoms with Crippen molar-refractivity contribution in [3.63, 3.8) is 0 Å². The Morgan fingerprint density at radius 3 is 2.53 bits per heavy atom. The molecule has 11 heteroatoms. The summed E-state index contributed by atoms with van der Waals surface area (Å²) in [5.74, 6) is 0.647. The molecule has 0 aliphatic carbocycles. The number of aromatic nitrogens is 3. The largest absolute Gasteiger partial charge is 0.342 e. The molecule has 3 rings (SSSR count). The van der Waals surface area contributed by atoms with Crippen LogP contribution < -0.4 is 10.6 Å². The summed E-state index contributed by atoms with van der Waals surface area (Å²) in [6.07, 6.45) is 0.656. The van der Waals surface area contributed by atoms with Crippen LogP contribution in [-0.4, -0.2) is 32.3 Å². The second-order valence-corrected chi connectivity index (χ2v) is 11.4. The Balaban J connectivity index is 1.75. The standard InChI is InChI=1S/C25H28BrCl2N5O2S/c1-5-33-23(21(10-14(2)3)30-24(35)18-8-7-17(27)12-19(18)28)31-32-25(33)36-13-22(34)29-20-9-6-16(26)11-15(20)4/h6-9,11-12,14,21H,5,10,13H2,1-4H3,(H,29,34)(H,30,35)/t21-/m0/s1. The highest BCUT2D eigenvalue weighted by molar-refractivity contribution is 9.10. The number of halogens is 3. The number of aryl methyl sites for hydroxylation is 1. The number of benzene rings is 2. The molecule has 0 saturated carbocycles. The molecule has 3 aromatic rings. The molecule has 0 saturated heterocycles. The SMILES string of the molecule is CCn1c(SCC(=O)Nc2ccc(Br)cc2C)nnc1[C@H](CC(C)C)NC(=O)c1ccc(Cl)cc1Cl. The van der Waals surface area contributed by atoms with Crippen molar-refractivity contribution < 1.29 is 9.59 Å². The fourth-order valence-corrected chi connectivity index (χ4v) is 5.43. The molecule has 192 valence electrons. The van der Waals surface area contributed by atoms with E-state index in [4.69, 9.17) is 23.2 Å². The van der Waals surface area contributed by atoms with E-state index >= 15 is 0 Å². The van der Waals surface area contributed by atoms with Gasteiger partial charge in [0, 0.05) is 21.7 Å². The summed E-state index contributed by atoms with van der Waals surface area (Å²) in [6, 6.07) is 10.1. The zero-order valence-corrected chi connectivity index (χ0v) is 24.4. The Morgan fingerprint density at radius 2 is 1.89 bits per heavy atom. The number of thioether (sulfide) groups is 1. The van der Waals surface area contributed by atoms with E-state index in [1.54, 1.807) is 18.2 Å². The van der Waals surface area contributed by atoms with E-state index in [1.165, 1.54) is 11.8 Å². The lowest BCUT2D eigenvalue weighted by atomic mass is 10.0. The van der Waals surface area contributed by atoms with Crippen molar-refractivity contribution >= 4 is 68.4 Å². The van der Waals surface area contributed by atoms with Crippen LogP contribution in [0.15, 0.2) is 46.0 Å². The summed E-state index contributed by atoms with van der Waals surface area (Å²) in [5, 5.41) is 16.1. The van der Waals surface area contributed by atoms with Crippen molar-refractivity contribution in [2.75, 3.05) is 11.1 Å². The average Bonchev–Trinajstić information content (AvgIpc) is 3.21. The Bertz CT molecular complexity index is 1250. The molecule has 0 bridgehead atoms. The summed E-state index contributed by atoms with van der Waals surface area (Å²) in [5.41, 5.74) is 2.07. The van der Waals surface area contributed by atoms with Crippen LogP contribution >= 0.6 is 50.9 Å². The van der Waals surface area contributed by atoms with E-state index in [-0.39, 0.29) is 34.5 Å². The molecule has 7 nitrogen and oxygen atoms in total. The molecule has 2 amide bonds. The molecule has 0 aliphatic heterocycles. The molecule has 36 heavy (non-hydrogen) atoms. The minimum absolute atomic E-state index is 0.137. The predicted molar refractivity (Wildman–Crippen MR) is 150 cm³/mol. The van der Waals surface area contributed by atoms with Gasteiger partial charge in [0.1, 0.15) is 0 Å². The highest BCUT2D eigenvalue weighted by atomic mass is 79.9. The molecular formula is C25H28BrCl2N5O2S. The van der Waals surface area contributed by atoms with Gasteiger partial charge in [0.15, 0.2) is 11.0 Å². The molecule has 1 heterocycles.